The Morgan fingerprint density at radius 3 is 2.27 bits per heavy atom. The number of hydrogen-bond donors (Lipinski definition) is 2. The summed E-state index contributed by atoms with van der Waals surface area (Å²) < 4.78 is 0. The van der Waals surface area contributed by atoms with Gasteiger partial charge >= 0.3 is 0 Å². The molecule has 1 unspecified atom stereocenters. The van der Waals surface area contributed by atoms with E-state index in [1.165, 1.54) is 0 Å². The average molecular weight is 216 g/mol. The molecule has 0 fully saturated rings. The van der Waals surface area contributed by atoms with Crippen LogP contribution in [0.5, 0.6) is 0 Å². The molecule has 0 radical (unpaired) electrons. The van der Waals surface area contributed by atoms with E-state index in [9.17, 15) is 0 Å². The molecule has 0 rings (SSSR count). The van der Waals surface area contributed by atoms with Crippen LogP contribution in [-0.2, 0) is 0 Å². The molecule has 0 saturated carbocycles. The lowest BCUT2D eigenvalue weighted by molar-refractivity contribution is 0.209. The summed E-state index contributed by atoms with van der Waals surface area (Å²) in [5.41, 5.74) is 6.30. The van der Waals surface area contributed by atoms with Crippen LogP contribution in [0.2, 0.25) is 0 Å². The Kier molecular flexibility index (Phi) is 7.14. The van der Waals surface area contributed by atoms with Crippen LogP contribution < -0.4 is 5.73 Å². The lowest BCUT2D eigenvalue weighted by Crippen LogP contribution is -2.39. The molecule has 3 heteroatoms. The molecule has 0 aliphatic rings. The zero-order valence-corrected chi connectivity index (χ0v) is 10.8. The van der Waals surface area contributed by atoms with Crippen LogP contribution >= 0.6 is 0 Å². The van der Waals surface area contributed by atoms with Gasteiger partial charge < -0.3 is 15.7 Å². The lowest BCUT2D eigenvalue weighted by atomic mass is 9.85. The number of rotatable bonds is 7. The molecule has 3 N–H and O–H groups in total. The van der Waals surface area contributed by atoms with E-state index in [2.05, 4.69) is 32.6 Å². The van der Waals surface area contributed by atoms with Gasteiger partial charge in [-0.15, -0.1) is 0 Å². The maximum Gasteiger partial charge on any atom is 0.0443 e. The number of nitrogens with two attached hydrogens (primary N) is 1. The van der Waals surface area contributed by atoms with Crippen LogP contribution in [0.4, 0.5) is 0 Å². The van der Waals surface area contributed by atoms with Crippen molar-refractivity contribution in [3.63, 3.8) is 0 Å². The molecule has 0 amide bonds. The van der Waals surface area contributed by atoms with Gasteiger partial charge in [0.15, 0.2) is 0 Å². The predicted octanol–water partition coefficient (Wildman–Crippen LogP) is 1.45. The maximum atomic E-state index is 8.77. The molecule has 0 bridgehead atoms. The minimum Gasteiger partial charge on any atom is -0.396 e. The topological polar surface area (TPSA) is 49.5 Å². The van der Waals surface area contributed by atoms with E-state index in [0.29, 0.717) is 0 Å². The molecule has 0 saturated heterocycles. The average Bonchev–Trinajstić information content (AvgIpc) is 2.16. The minimum absolute atomic E-state index is 0.191. The third-order valence-electron chi connectivity index (χ3n) is 2.95. The summed E-state index contributed by atoms with van der Waals surface area (Å²) in [6.07, 6.45) is 1.89. The van der Waals surface area contributed by atoms with Crippen LogP contribution in [0.25, 0.3) is 0 Å². The van der Waals surface area contributed by atoms with Gasteiger partial charge in [0.05, 0.1) is 0 Å². The number of aliphatic hydroxyl groups excluding tert-OH is 1. The summed E-state index contributed by atoms with van der Waals surface area (Å²) in [6, 6.07) is 0.251. The van der Waals surface area contributed by atoms with Crippen molar-refractivity contribution in [3.8, 4) is 0 Å². The van der Waals surface area contributed by atoms with Gasteiger partial charge in [0.1, 0.15) is 0 Å². The first-order chi connectivity index (χ1) is 6.91. The molecular weight excluding hydrogens is 188 g/mol. The smallest absolute Gasteiger partial charge is 0.0443 e. The quantitative estimate of drug-likeness (QED) is 0.677. The first kappa shape index (κ1) is 14.9. The first-order valence-corrected chi connectivity index (χ1v) is 6.00. The third kappa shape index (κ3) is 6.88. The fourth-order valence-corrected chi connectivity index (χ4v) is 1.48. The second kappa shape index (κ2) is 7.20. The summed E-state index contributed by atoms with van der Waals surface area (Å²) in [5, 5.41) is 8.77. The molecule has 0 spiro atoms. The van der Waals surface area contributed by atoms with Crippen molar-refractivity contribution in [3.05, 3.63) is 0 Å². The van der Waals surface area contributed by atoms with E-state index in [4.69, 9.17) is 10.8 Å². The van der Waals surface area contributed by atoms with Gasteiger partial charge in [-0.1, -0.05) is 27.7 Å². The van der Waals surface area contributed by atoms with Gasteiger partial charge in [-0.05, 0) is 31.3 Å². The Bertz CT molecular complexity index is 154. The van der Waals surface area contributed by atoms with E-state index in [1.807, 2.05) is 0 Å². The van der Waals surface area contributed by atoms with Crippen molar-refractivity contribution in [2.24, 2.45) is 11.1 Å². The van der Waals surface area contributed by atoms with Crippen LogP contribution in [-0.4, -0.2) is 42.3 Å². The number of hydrogen-bond acceptors (Lipinski definition) is 3. The summed E-state index contributed by atoms with van der Waals surface area (Å²) in [7, 11) is 0. The van der Waals surface area contributed by atoms with Crippen LogP contribution in [0.15, 0.2) is 0 Å². The second-order valence-corrected chi connectivity index (χ2v) is 5.27. The van der Waals surface area contributed by atoms with Gasteiger partial charge in [0, 0.05) is 19.2 Å². The van der Waals surface area contributed by atoms with Crippen LogP contribution in [0, 0.1) is 5.41 Å². The summed E-state index contributed by atoms with van der Waals surface area (Å²) >= 11 is 0. The second-order valence-electron chi connectivity index (χ2n) is 5.27. The van der Waals surface area contributed by atoms with Gasteiger partial charge in [-0.3, -0.25) is 0 Å². The molecule has 15 heavy (non-hydrogen) atoms. The zero-order chi connectivity index (χ0) is 11.9. The van der Waals surface area contributed by atoms with Gasteiger partial charge in [-0.25, -0.2) is 0 Å². The molecule has 0 aliphatic carbocycles. The normalized spacial score (nSPS) is 14.6. The summed E-state index contributed by atoms with van der Waals surface area (Å²) in [6.45, 7) is 12.0. The molecule has 0 aromatic carbocycles. The van der Waals surface area contributed by atoms with E-state index in [0.717, 1.165) is 32.5 Å². The third-order valence-corrected chi connectivity index (χ3v) is 2.95. The van der Waals surface area contributed by atoms with Crippen molar-refractivity contribution in [1.82, 2.24) is 4.90 Å². The summed E-state index contributed by atoms with van der Waals surface area (Å²) in [4.78, 5) is 2.35. The molecule has 0 aliphatic heterocycles. The highest BCUT2D eigenvalue weighted by atomic mass is 16.3. The Labute approximate surface area is 94.6 Å². The molecule has 0 aromatic heterocycles. The SMILES string of the molecule is CCN(CCCO)CCC(N)C(C)(C)C. The number of nitrogens with zero attached hydrogens (tertiary/aromatic N) is 1. The predicted molar refractivity (Wildman–Crippen MR) is 65.9 cm³/mol. The van der Waals surface area contributed by atoms with E-state index >= 15 is 0 Å². The molecular formula is C12H28N2O. The molecule has 3 nitrogen and oxygen atoms in total. The van der Waals surface area contributed by atoms with Gasteiger partial charge in [0.2, 0.25) is 0 Å². The highest BCUT2D eigenvalue weighted by Gasteiger charge is 2.20. The lowest BCUT2D eigenvalue weighted by Gasteiger charge is -2.29. The van der Waals surface area contributed by atoms with E-state index in [-0.39, 0.29) is 18.1 Å². The first-order valence-electron chi connectivity index (χ1n) is 6.00. The fraction of sp³-hybridized carbons (Fsp3) is 1.00. The van der Waals surface area contributed by atoms with Gasteiger partial charge in [-0.2, -0.15) is 0 Å². The van der Waals surface area contributed by atoms with Crippen molar-refractivity contribution in [1.29, 1.82) is 0 Å². The van der Waals surface area contributed by atoms with Crippen molar-refractivity contribution < 1.29 is 5.11 Å². The van der Waals surface area contributed by atoms with Crippen LogP contribution in [0.1, 0.15) is 40.5 Å². The molecule has 92 valence electrons. The highest BCUT2D eigenvalue weighted by Crippen LogP contribution is 2.19. The van der Waals surface area contributed by atoms with E-state index < -0.39 is 0 Å². The maximum absolute atomic E-state index is 8.77. The standard InChI is InChI=1S/C12H28N2O/c1-5-14(8-6-10-15)9-7-11(13)12(2,3)4/h11,15H,5-10,13H2,1-4H3. The zero-order valence-electron chi connectivity index (χ0n) is 10.8. The Hall–Kier alpha value is -0.120. The van der Waals surface area contributed by atoms with Gasteiger partial charge in [0.25, 0.3) is 0 Å². The highest BCUT2D eigenvalue weighted by molar-refractivity contribution is 4.77. The molecule has 1 atom stereocenters. The molecule has 0 aromatic rings. The Morgan fingerprint density at radius 2 is 1.87 bits per heavy atom. The molecule has 0 heterocycles. The van der Waals surface area contributed by atoms with Crippen LogP contribution in [0.3, 0.4) is 0 Å². The van der Waals surface area contributed by atoms with Crippen molar-refractivity contribution in [2.45, 2.75) is 46.6 Å². The van der Waals surface area contributed by atoms with E-state index in [1.54, 1.807) is 0 Å². The van der Waals surface area contributed by atoms with Crippen molar-refractivity contribution >= 4 is 0 Å². The Morgan fingerprint density at radius 1 is 1.27 bits per heavy atom. The number of aliphatic hydroxyl groups is 1. The monoisotopic (exact) mass is 216 g/mol. The van der Waals surface area contributed by atoms with Crippen molar-refractivity contribution in [2.75, 3.05) is 26.2 Å². The minimum atomic E-state index is 0.191. The summed E-state index contributed by atoms with van der Waals surface area (Å²) in [5.74, 6) is 0. The fourth-order valence-electron chi connectivity index (χ4n) is 1.48. The largest absolute Gasteiger partial charge is 0.396 e. The Balaban J connectivity index is 3.79.